The maximum absolute atomic E-state index is 12.4. The van der Waals surface area contributed by atoms with Gasteiger partial charge >= 0.3 is 0 Å². The smallest absolute Gasteiger partial charge is 0.227 e. The van der Waals surface area contributed by atoms with Crippen LogP contribution in [0, 0.1) is 6.92 Å². The van der Waals surface area contributed by atoms with Crippen molar-refractivity contribution in [2.75, 3.05) is 13.1 Å². The van der Waals surface area contributed by atoms with E-state index >= 15 is 0 Å². The van der Waals surface area contributed by atoms with E-state index in [0.717, 1.165) is 18.4 Å². The Balaban J connectivity index is 2.02. The molecule has 3 nitrogen and oxygen atoms in total. The fraction of sp³-hybridized carbons (Fsp3) is 0.533. The van der Waals surface area contributed by atoms with Gasteiger partial charge in [0.05, 0.1) is 6.42 Å². The van der Waals surface area contributed by atoms with E-state index in [1.54, 1.807) is 0 Å². The van der Waals surface area contributed by atoms with Gasteiger partial charge in [-0.25, -0.2) is 0 Å². The molecule has 0 aromatic heterocycles. The van der Waals surface area contributed by atoms with Gasteiger partial charge < -0.3 is 10.6 Å². The quantitative estimate of drug-likeness (QED) is 0.862. The summed E-state index contributed by atoms with van der Waals surface area (Å²) < 4.78 is 0. The molecule has 1 aromatic carbocycles. The van der Waals surface area contributed by atoms with E-state index in [1.165, 1.54) is 12.0 Å². The molecular formula is C15H22N2O. The molecule has 1 aliphatic rings. The highest BCUT2D eigenvalue weighted by Crippen LogP contribution is 2.25. The van der Waals surface area contributed by atoms with Crippen molar-refractivity contribution in [3.8, 4) is 0 Å². The molecule has 1 fully saturated rings. The van der Waals surface area contributed by atoms with Crippen LogP contribution in [0.25, 0.3) is 0 Å². The summed E-state index contributed by atoms with van der Waals surface area (Å²) in [7, 11) is 0. The lowest BCUT2D eigenvalue weighted by atomic mass is 9.91. The molecule has 0 radical (unpaired) electrons. The SMILES string of the molecule is Cc1ccccc1CC(=O)N(CCN)C1CCC1. The van der Waals surface area contributed by atoms with Crippen LogP contribution < -0.4 is 5.73 Å². The van der Waals surface area contributed by atoms with Gasteiger partial charge in [-0.15, -0.1) is 0 Å². The summed E-state index contributed by atoms with van der Waals surface area (Å²) in [5.74, 6) is 0.222. The van der Waals surface area contributed by atoms with Crippen LogP contribution in [0.1, 0.15) is 30.4 Å². The topological polar surface area (TPSA) is 46.3 Å². The third kappa shape index (κ3) is 2.91. The predicted octanol–water partition coefficient (Wildman–Crippen LogP) is 1.88. The molecule has 0 aliphatic heterocycles. The summed E-state index contributed by atoms with van der Waals surface area (Å²) in [5, 5.41) is 0. The minimum absolute atomic E-state index is 0.222. The third-order valence-corrected chi connectivity index (χ3v) is 3.81. The average molecular weight is 246 g/mol. The highest BCUT2D eigenvalue weighted by molar-refractivity contribution is 5.79. The second-order valence-electron chi connectivity index (χ2n) is 5.06. The maximum Gasteiger partial charge on any atom is 0.227 e. The lowest BCUT2D eigenvalue weighted by molar-refractivity contribution is -0.134. The van der Waals surface area contributed by atoms with E-state index in [1.807, 2.05) is 23.1 Å². The number of aryl methyl sites for hydroxylation is 1. The largest absolute Gasteiger partial charge is 0.338 e. The molecule has 98 valence electrons. The summed E-state index contributed by atoms with van der Waals surface area (Å²) in [4.78, 5) is 14.3. The number of amides is 1. The first-order valence-electron chi connectivity index (χ1n) is 6.76. The Bertz CT molecular complexity index is 413. The monoisotopic (exact) mass is 246 g/mol. The molecule has 3 heteroatoms. The first kappa shape index (κ1) is 13.1. The summed E-state index contributed by atoms with van der Waals surface area (Å²) in [6.45, 7) is 3.30. The van der Waals surface area contributed by atoms with E-state index in [4.69, 9.17) is 5.73 Å². The van der Waals surface area contributed by atoms with Crippen molar-refractivity contribution in [1.82, 2.24) is 4.90 Å². The number of carbonyl (C=O) groups is 1. The lowest BCUT2D eigenvalue weighted by Gasteiger charge is -2.37. The Hall–Kier alpha value is -1.35. The van der Waals surface area contributed by atoms with Crippen molar-refractivity contribution >= 4 is 5.91 Å². The van der Waals surface area contributed by atoms with Gasteiger partial charge in [-0.1, -0.05) is 24.3 Å². The number of rotatable bonds is 5. The molecular weight excluding hydrogens is 224 g/mol. The fourth-order valence-corrected chi connectivity index (χ4v) is 2.42. The van der Waals surface area contributed by atoms with Crippen LogP contribution in [-0.4, -0.2) is 29.9 Å². The molecule has 2 rings (SSSR count). The molecule has 0 atom stereocenters. The standard InChI is InChI=1S/C15H22N2O/c1-12-5-2-3-6-13(12)11-15(18)17(10-9-16)14-7-4-8-14/h2-3,5-6,14H,4,7-11,16H2,1H3. The normalized spacial score (nSPS) is 15.2. The highest BCUT2D eigenvalue weighted by atomic mass is 16.2. The van der Waals surface area contributed by atoms with E-state index in [9.17, 15) is 4.79 Å². The number of carbonyl (C=O) groups excluding carboxylic acids is 1. The van der Waals surface area contributed by atoms with E-state index < -0.39 is 0 Å². The summed E-state index contributed by atoms with van der Waals surface area (Å²) in [6.07, 6.45) is 4.02. The average Bonchev–Trinajstić information content (AvgIpc) is 2.29. The van der Waals surface area contributed by atoms with E-state index in [2.05, 4.69) is 13.0 Å². The predicted molar refractivity (Wildman–Crippen MR) is 73.3 cm³/mol. The summed E-state index contributed by atoms with van der Waals surface area (Å²) in [5.41, 5.74) is 7.93. The van der Waals surface area contributed by atoms with Crippen LogP contribution in [0.5, 0.6) is 0 Å². The zero-order chi connectivity index (χ0) is 13.0. The molecule has 2 N–H and O–H groups in total. The first-order valence-corrected chi connectivity index (χ1v) is 6.76. The van der Waals surface area contributed by atoms with Crippen molar-refractivity contribution in [3.63, 3.8) is 0 Å². The molecule has 0 unspecified atom stereocenters. The van der Waals surface area contributed by atoms with Crippen LogP contribution in [-0.2, 0) is 11.2 Å². The zero-order valence-electron chi connectivity index (χ0n) is 11.1. The highest BCUT2D eigenvalue weighted by Gasteiger charge is 2.28. The third-order valence-electron chi connectivity index (χ3n) is 3.81. The molecule has 0 bridgehead atoms. The van der Waals surface area contributed by atoms with E-state index in [-0.39, 0.29) is 5.91 Å². The van der Waals surface area contributed by atoms with Crippen molar-refractivity contribution in [3.05, 3.63) is 35.4 Å². The summed E-state index contributed by atoms with van der Waals surface area (Å²) in [6, 6.07) is 8.53. The molecule has 0 heterocycles. The van der Waals surface area contributed by atoms with Gasteiger partial charge in [0, 0.05) is 19.1 Å². The van der Waals surface area contributed by atoms with Crippen LogP contribution in [0.2, 0.25) is 0 Å². The number of hydrogen-bond donors (Lipinski definition) is 1. The molecule has 1 aromatic rings. The van der Waals surface area contributed by atoms with Crippen LogP contribution in [0.3, 0.4) is 0 Å². The Kier molecular flexibility index (Phi) is 4.37. The van der Waals surface area contributed by atoms with Gasteiger partial charge in [-0.05, 0) is 37.3 Å². The molecule has 0 spiro atoms. The Morgan fingerprint density at radius 3 is 2.67 bits per heavy atom. The zero-order valence-corrected chi connectivity index (χ0v) is 11.1. The van der Waals surface area contributed by atoms with Crippen molar-refractivity contribution in [2.45, 2.75) is 38.6 Å². The Morgan fingerprint density at radius 2 is 2.11 bits per heavy atom. The minimum atomic E-state index is 0.222. The van der Waals surface area contributed by atoms with Crippen LogP contribution in [0.4, 0.5) is 0 Å². The van der Waals surface area contributed by atoms with Crippen molar-refractivity contribution in [2.24, 2.45) is 5.73 Å². The Morgan fingerprint density at radius 1 is 1.39 bits per heavy atom. The van der Waals surface area contributed by atoms with Gasteiger partial charge in [-0.3, -0.25) is 4.79 Å². The van der Waals surface area contributed by atoms with Gasteiger partial charge in [0.1, 0.15) is 0 Å². The maximum atomic E-state index is 12.4. The number of hydrogen-bond acceptors (Lipinski definition) is 2. The van der Waals surface area contributed by atoms with Crippen LogP contribution >= 0.6 is 0 Å². The van der Waals surface area contributed by atoms with Gasteiger partial charge in [-0.2, -0.15) is 0 Å². The van der Waals surface area contributed by atoms with E-state index in [0.29, 0.717) is 25.6 Å². The molecule has 18 heavy (non-hydrogen) atoms. The minimum Gasteiger partial charge on any atom is -0.338 e. The second-order valence-corrected chi connectivity index (χ2v) is 5.06. The molecule has 1 saturated carbocycles. The lowest BCUT2D eigenvalue weighted by Crippen LogP contribution is -2.47. The Labute approximate surface area is 109 Å². The molecule has 1 amide bonds. The second kappa shape index (κ2) is 6.01. The van der Waals surface area contributed by atoms with Crippen molar-refractivity contribution < 1.29 is 4.79 Å². The molecule has 0 saturated heterocycles. The van der Waals surface area contributed by atoms with Crippen molar-refractivity contribution in [1.29, 1.82) is 0 Å². The van der Waals surface area contributed by atoms with Gasteiger partial charge in [0.25, 0.3) is 0 Å². The van der Waals surface area contributed by atoms with Gasteiger partial charge in [0.15, 0.2) is 0 Å². The van der Waals surface area contributed by atoms with Crippen LogP contribution in [0.15, 0.2) is 24.3 Å². The number of nitrogens with zero attached hydrogens (tertiary/aromatic N) is 1. The number of nitrogens with two attached hydrogens (primary N) is 1. The number of benzene rings is 1. The fourth-order valence-electron chi connectivity index (χ4n) is 2.42. The first-order chi connectivity index (χ1) is 8.72. The van der Waals surface area contributed by atoms with Gasteiger partial charge in [0.2, 0.25) is 5.91 Å². The molecule has 1 aliphatic carbocycles. The summed E-state index contributed by atoms with van der Waals surface area (Å²) >= 11 is 0.